The van der Waals surface area contributed by atoms with Crippen molar-refractivity contribution in [1.82, 2.24) is 10.6 Å². The highest BCUT2D eigenvalue weighted by atomic mass is 16.6. The smallest absolute Gasteiger partial charge is 0.407 e. The van der Waals surface area contributed by atoms with Gasteiger partial charge in [-0.25, -0.2) is 9.59 Å². The van der Waals surface area contributed by atoms with Gasteiger partial charge in [0.2, 0.25) is 0 Å². The highest BCUT2D eigenvalue weighted by molar-refractivity contribution is 5.68. The average molecular weight is 288 g/mol. The summed E-state index contributed by atoms with van der Waals surface area (Å²) in [6, 6.07) is 0. The molecule has 2 amide bonds. The highest BCUT2D eigenvalue weighted by Crippen LogP contribution is 2.07. The molecule has 0 aliphatic rings. The fraction of sp³-hybridized carbons (Fsp3) is 0.857. The van der Waals surface area contributed by atoms with Crippen molar-refractivity contribution in [2.45, 2.75) is 65.6 Å². The van der Waals surface area contributed by atoms with E-state index in [1.165, 1.54) is 0 Å². The number of hydrogen-bond acceptors (Lipinski definition) is 4. The van der Waals surface area contributed by atoms with Crippen LogP contribution >= 0.6 is 0 Å². The van der Waals surface area contributed by atoms with Crippen LogP contribution in [-0.4, -0.2) is 36.5 Å². The molecular weight excluding hydrogens is 260 g/mol. The maximum absolute atomic E-state index is 11.3. The molecule has 0 spiro atoms. The van der Waals surface area contributed by atoms with Crippen LogP contribution in [0.1, 0.15) is 54.4 Å². The van der Waals surface area contributed by atoms with Gasteiger partial charge in [0.1, 0.15) is 11.2 Å². The van der Waals surface area contributed by atoms with Gasteiger partial charge in [-0.1, -0.05) is 0 Å². The fourth-order valence-corrected chi connectivity index (χ4v) is 1.26. The second kappa shape index (κ2) is 7.97. The van der Waals surface area contributed by atoms with E-state index in [9.17, 15) is 9.59 Å². The number of amides is 2. The van der Waals surface area contributed by atoms with Crippen molar-refractivity contribution in [3.05, 3.63) is 0 Å². The highest BCUT2D eigenvalue weighted by Gasteiger charge is 2.16. The van der Waals surface area contributed by atoms with Gasteiger partial charge in [-0.2, -0.15) is 0 Å². The molecule has 0 rings (SSSR count). The molecule has 0 atom stereocenters. The van der Waals surface area contributed by atoms with E-state index in [2.05, 4.69) is 10.6 Å². The number of rotatable bonds is 5. The Morgan fingerprint density at radius 3 is 1.30 bits per heavy atom. The van der Waals surface area contributed by atoms with Crippen LogP contribution in [0.25, 0.3) is 0 Å². The van der Waals surface area contributed by atoms with Crippen LogP contribution in [-0.2, 0) is 9.47 Å². The van der Waals surface area contributed by atoms with Crippen LogP contribution < -0.4 is 10.6 Å². The molecule has 6 nitrogen and oxygen atoms in total. The maximum Gasteiger partial charge on any atom is 0.407 e. The summed E-state index contributed by atoms with van der Waals surface area (Å²) >= 11 is 0. The lowest BCUT2D eigenvalue weighted by Gasteiger charge is -2.20. The van der Waals surface area contributed by atoms with Gasteiger partial charge >= 0.3 is 12.2 Å². The van der Waals surface area contributed by atoms with E-state index in [1.807, 2.05) is 41.5 Å². The summed E-state index contributed by atoms with van der Waals surface area (Å²) < 4.78 is 10.2. The Morgan fingerprint density at radius 2 is 1.05 bits per heavy atom. The van der Waals surface area contributed by atoms with E-state index in [1.54, 1.807) is 0 Å². The van der Waals surface area contributed by atoms with Gasteiger partial charge < -0.3 is 20.1 Å². The molecule has 0 heterocycles. The molecule has 6 heteroatoms. The molecule has 0 saturated carbocycles. The van der Waals surface area contributed by atoms with Crippen molar-refractivity contribution in [3.63, 3.8) is 0 Å². The minimum atomic E-state index is -0.484. The molecule has 2 N–H and O–H groups in total. The molecule has 0 unspecified atom stereocenters. The summed E-state index contributed by atoms with van der Waals surface area (Å²) in [6.07, 6.45) is 0.680. The number of ether oxygens (including phenoxy) is 2. The quantitative estimate of drug-likeness (QED) is 0.763. The van der Waals surface area contributed by atoms with Crippen LogP contribution in [0, 0.1) is 0 Å². The van der Waals surface area contributed by atoms with Crippen molar-refractivity contribution in [2.75, 3.05) is 13.1 Å². The first-order chi connectivity index (χ1) is 8.99. The van der Waals surface area contributed by atoms with Crippen LogP contribution in [0.3, 0.4) is 0 Å². The maximum atomic E-state index is 11.3. The van der Waals surface area contributed by atoms with Gasteiger partial charge in [0, 0.05) is 13.1 Å². The third-order valence-corrected chi connectivity index (χ3v) is 1.94. The minimum absolute atomic E-state index is 0.419. The van der Waals surface area contributed by atoms with Gasteiger partial charge in [-0.15, -0.1) is 0 Å². The Hall–Kier alpha value is -1.46. The molecule has 20 heavy (non-hydrogen) atoms. The van der Waals surface area contributed by atoms with E-state index in [0.29, 0.717) is 13.1 Å². The second-order valence-corrected chi connectivity index (χ2v) is 6.56. The lowest BCUT2D eigenvalue weighted by molar-refractivity contribution is 0.0508. The van der Waals surface area contributed by atoms with Crippen molar-refractivity contribution in [1.29, 1.82) is 0 Å². The molecule has 0 bridgehead atoms. The van der Waals surface area contributed by atoms with Gasteiger partial charge in [0.25, 0.3) is 0 Å². The van der Waals surface area contributed by atoms with Crippen molar-refractivity contribution in [2.24, 2.45) is 0 Å². The Morgan fingerprint density at radius 1 is 0.750 bits per heavy atom. The summed E-state index contributed by atoms with van der Waals surface area (Å²) in [7, 11) is 0. The first kappa shape index (κ1) is 18.5. The van der Waals surface area contributed by atoms with E-state index >= 15 is 0 Å². The Kier molecular flexibility index (Phi) is 7.39. The summed E-state index contributed by atoms with van der Waals surface area (Å²) in [5, 5.41) is 5.32. The summed E-state index contributed by atoms with van der Waals surface area (Å²) in [5.74, 6) is 0. The predicted octanol–water partition coefficient (Wildman–Crippen LogP) is 2.82. The Labute approximate surface area is 121 Å². The first-order valence-corrected chi connectivity index (χ1v) is 6.93. The molecule has 0 radical (unpaired) electrons. The number of unbranched alkanes of at least 4 members (excludes halogenated alkanes) is 1. The third kappa shape index (κ3) is 13.0. The van der Waals surface area contributed by atoms with Crippen LogP contribution in [0.4, 0.5) is 9.59 Å². The lowest BCUT2D eigenvalue weighted by Crippen LogP contribution is -2.34. The van der Waals surface area contributed by atoms with E-state index in [-0.39, 0.29) is 0 Å². The summed E-state index contributed by atoms with van der Waals surface area (Å²) in [4.78, 5) is 22.7. The lowest BCUT2D eigenvalue weighted by atomic mass is 10.2. The minimum Gasteiger partial charge on any atom is -0.444 e. The molecule has 0 aromatic rings. The van der Waals surface area contributed by atoms with E-state index in [4.69, 9.17) is 9.47 Å². The molecular formula is C14H28N2O4. The fourth-order valence-electron chi connectivity index (χ4n) is 1.26. The zero-order chi connectivity index (χ0) is 15.8. The number of hydrogen-bond donors (Lipinski definition) is 2. The molecule has 0 aliphatic carbocycles. The van der Waals surface area contributed by atoms with E-state index < -0.39 is 23.4 Å². The molecule has 0 aromatic heterocycles. The van der Waals surface area contributed by atoms with E-state index in [0.717, 1.165) is 12.8 Å². The van der Waals surface area contributed by atoms with Crippen molar-refractivity contribution >= 4 is 12.2 Å². The SMILES string of the molecule is CC(C)(C)OC(=O)NCCCCNC(=O)OC(C)(C)C. The average Bonchev–Trinajstić information content (AvgIpc) is 2.17. The molecule has 0 aromatic carbocycles. The van der Waals surface area contributed by atoms with Gasteiger partial charge in [-0.3, -0.25) is 0 Å². The number of carbonyl (C=O) groups excluding carboxylic acids is 2. The zero-order valence-corrected chi connectivity index (χ0v) is 13.5. The predicted molar refractivity (Wildman–Crippen MR) is 77.7 cm³/mol. The third-order valence-electron chi connectivity index (χ3n) is 1.94. The van der Waals surface area contributed by atoms with Crippen molar-refractivity contribution in [3.8, 4) is 0 Å². The molecule has 0 aliphatic heterocycles. The van der Waals surface area contributed by atoms with Gasteiger partial charge in [0.15, 0.2) is 0 Å². The molecule has 118 valence electrons. The normalized spacial score (nSPS) is 11.7. The number of nitrogens with one attached hydrogen (secondary N) is 2. The summed E-state index contributed by atoms with van der Waals surface area (Å²) in [5.41, 5.74) is -0.968. The van der Waals surface area contributed by atoms with Crippen LogP contribution in [0.5, 0.6) is 0 Å². The van der Waals surface area contributed by atoms with Gasteiger partial charge in [0.05, 0.1) is 0 Å². The standard InChI is InChI=1S/C14H28N2O4/c1-13(2,3)19-11(17)15-9-7-8-10-16-12(18)20-14(4,5)6/h7-10H2,1-6H3,(H,15,17)(H,16,18). The Bertz CT molecular complexity index is 284. The topological polar surface area (TPSA) is 76.7 Å². The zero-order valence-electron chi connectivity index (χ0n) is 13.5. The Balaban J connectivity index is 3.54. The molecule has 0 fully saturated rings. The van der Waals surface area contributed by atoms with Crippen LogP contribution in [0.15, 0.2) is 0 Å². The number of alkyl carbamates (subject to hydrolysis) is 2. The van der Waals surface area contributed by atoms with Crippen LogP contribution in [0.2, 0.25) is 0 Å². The first-order valence-electron chi connectivity index (χ1n) is 6.93. The van der Waals surface area contributed by atoms with Gasteiger partial charge in [-0.05, 0) is 54.4 Å². The largest absolute Gasteiger partial charge is 0.444 e. The monoisotopic (exact) mass is 288 g/mol. The summed E-state index contributed by atoms with van der Waals surface area (Å²) in [6.45, 7) is 11.9. The van der Waals surface area contributed by atoms with Crippen molar-refractivity contribution < 1.29 is 19.1 Å². The second-order valence-electron chi connectivity index (χ2n) is 6.56. The number of carbonyl (C=O) groups is 2. The molecule has 0 saturated heterocycles.